The average Bonchev–Trinajstić information content (AvgIpc) is 2.87. The minimum Gasteiger partial charge on any atom is -0.491 e. The highest BCUT2D eigenvalue weighted by molar-refractivity contribution is 5.90. The zero-order valence-corrected chi connectivity index (χ0v) is 20.5. The molecule has 1 N–H and O–H groups in total. The first-order valence-electron chi connectivity index (χ1n) is 11.8. The lowest BCUT2D eigenvalue weighted by atomic mass is 10.2. The zero-order valence-electron chi connectivity index (χ0n) is 20.5. The second-order valence-corrected chi connectivity index (χ2v) is 8.69. The molecule has 0 radical (unpaired) electrons. The molecule has 4 rings (SSSR count). The maximum atomic E-state index is 13.2. The summed E-state index contributed by atoms with van der Waals surface area (Å²) in [4.78, 5) is 29.5. The highest BCUT2D eigenvalue weighted by Crippen LogP contribution is 2.24. The summed E-state index contributed by atoms with van der Waals surface area (Å²) in [5.41, 5.74) is 1.51. The fourth-order valence-electron chi connectivity index (χ4n) is 4.17. The Morgan fingerprint density at radius 2 is 1.66 bits per heavy atom. The largest absolute Gasteiger partial charge is 0.573 e. The number of benzene rings is 2. The molecule has 1 amide bonds. The van der Waals surface area contributed by atoms with Gasteiger partial charge in [-0.05, 0) is 48.5 Å². The second-order valence-electron chi connectivity index (χ2n) is 8.69. The van der Waals surface area contributed by atoms with E-state index >= 15 is 0 Å². The smallest absolute Gasteiger partial charge is 0.491 e. The Labute approximate surface area is 216 Å². The molecule has 0 spiro atoms. The van der Waals surface area contributed by atoms with E-state index in [2.05, 4.69) is 19.9 Å². The van der Waals surface area contributed by atoms with Crippen molar-refractivity contribution in [3.63, 3.8) is 0 Å². The van der Waals surface area contributed by atoms with Crippen LogP contribution in [0.5, 0.6) is 11.5 Å². The van der Waals surface area contributed by atoms with E-state index in [1.54, 1.807) is 16.7 Å². The van der Waals surface area contributed by atoms with E-state index in [1.165, 1.54) is 43.6 Å². The molecule has 3 aromatic rings. The van der Waals surface area contributed by atoms with Crippen LogP contribution in [0.4, 0.5) is 28.9 Å². The van der Waals surface area contributed by atoms with Gasteiger partial charge in [-0.2, -0.15) is 0 Å². The number of alkyl halides is 3. The molecule has 1 saturated heterocycles. The summed E-state index contributed by atoms with van der Waals surface area (Å²) in [5.74, 6) is -1.05. The summed E-state index contributed by atoms with van der Waals surface area (Å²) in [7, 11) is 1.36. The molecular formula is C26H26F4N4O4. The highest BCUT2D eigenvalue weighted by atomic mass is 19.4. The molecule has 0 aliphatic carbocycles. The van der Waals surface area contributed by atoms with Gasteiger partial charge in [0.2, 0.25) is 11.3 Å². The van der Waals surface area contributed by atoms with Crippen LogP contribution in [0.25, 0.3) is 0 Å². The fraction of sp³-hybridized carbons (Fsp3) is 0.308. The van der Waals surface area contributed by atoms with Crippen LogP contribution in [0.2, 0.25) is 0 Å². The molecule has 8 nitrogen and oxygen atoms in total. The van der Waals surface area contributed by atoms with Crippen LogP contribution >= 0.6 is 0 Å². The first-order valence-corrected chi connectivity index (χ1v) is 11.8. The topological polar surface area (TPSA) is 76.0 Å². The van der Waals surface area contributed by atoms with E-state index in [1.807, 2.05) is 0 Å². The van der Waals surface area contributed by atoms with E-state index < -0.39 is 18.0 Å². The van der Waals surface area contributed by atoms with Gasteiger partial charge in [0.15, 0.2) is 5.75 Å². The number of methoxy groups -OCH3 is 1. The van der Waals surface area contributed by atoms with Crippen LogP contribution in [0.15, 0.2) is 65.6 Å². The predicted molar refractivity (Wildman–Crippen MR) is 133 cm³/mol. The van der Waals surface area contributed by atoms with Gasteiger partial charge in [-0.15, -0.1) is 13.2 Å². The summed E-state index contributed by atoms with van der Waals surface area (Å²) in [5, 5.41) is 2.63. The molecule has 1 aromatic heterocycles. The van der Waals surface area contributed by atoms with Gasteiger partial charge < -0.3 is 24.3 Å². The van der Waals surface area contributed by atoms with Crippen LogP contribution in [-0.4, -0.2) is 55.0 Å². The molecule has 0 unspecified atom stereocenters. The van der Waals surface area contributed by atoms with Crippen molar-refractivity contribution < 1.29 is 31.8 Å². The molecule has 2 aromatic carbocycles. The normalized spacial score (nSPS) is 14.3. The predicted octanol–water partition coefficient (Wildman–Crippen LogP) is 3.86. The Morgan fingerprint density at radius 3 is 2.26 bits per heavy atom. The summed E-state index contributed by atoms with van der Waals surface area (Å²) in [6, 6.07) is 12.6. The van der Waals surface area contributed by atoms with E-state index in [4.69, 9.17) is 4.74 Å². The number of ether oxygens (including phenoxy) is 2. The lowest BCUT2D eigenvalue weighted by Crippen LogP contribution is -2.46. The lowest BCUT2D eigenvalue weighted by Gasteiger charge is -2.36. The Balaban J connectivity index is 1.41. The third-order valence-electron chi connectivity index (χ3n) is 6.04. The van der Waals surface area contributed by atoms with Gasteiger partial charge in [-0.25, -0.2) is 4.39 Å². The van der Waals surface area contributed by atoms with Gasteiger partial charge >= 0.3 is 6.36 Å². The number of hydrogen-bond donors (Lipinski definition) is 1. The molecule has 1 fully saturated rings. The van der Waals surface area contributed by atoms with Gasteiger partial charge in [-0.1, -0.05) is 0 Å². The summed E-state index contributed by atoms with van der Waals surface area (Å²) < 4.78 is 60.9. The molecule has 38 heavy (non-hydrogen) atoms. The molecule has 12 heteroatoms. The molecule has 0 atom stereocenters. The number of aromatic nitrogens is 1. The summed E-state index contributed by atoms with van der Waals surface area (Å²) >= 11 is 0. The molecule has 1 aliphatic rings. The van der Waals surface area contributed by atoms with Gasteiger partial charge in [-0.3, -0.25) is 14.5 Å². The summed E-state index contributed by atoms with van der Waals surface area (Å²) in [6.07, 6.45) is -3.34. The number of piperazine rings is 1. The fourth-order valence-corrected chi connectivity index (χ4v) is 4.17. The SMILES string of the molecule is COc1cn(CC(=O)Nc2ccc(OC(F)(F)F)cc2)c(CN2CCN(c3ccc(F)cc3)CC2)cc1=O. The van der Waals surface area contributed by atoms with Crippen LogP contribution in [0, 0.1) is 5.82 Å². The van der Waals surface area contributed by atoms with Crippen molar-refractivity contribution in [1.82, 2.24) is 9.47 Å². The molecule has 202 valence electrons. The number of anilines is 2. The number of halogens is 4. The number of nitrogens with zero attached hydrogens (tertiary/aromatic N) is 3. The lowest BCUT2D eigenvalue weighted by molar-refractivity contribution is -0.274. The number of nitrogens with one attached hydrogen (secondary N) is 1. The maximum absolute atomic E-state index is 13.2. The molecule has 2 heterocycles. The average molecular weight is 535 g/mol. The van der Waals surface area contributed by atoms with Gasteiger partial charge in [0.05, 0.1) is 13.3 Å². The number of rotatable bonds is 8. The number of pyridine rings is 1. The van der Waals surface area contributed by atoms with Crippen LogP contribution in [0.1, 0.15) is 5.69 Å². The minimum atomic E-state index is -4.81. The third kappa shape index (κ3) is 7.25. The van der Waals surface area contributed by atoms with Crippen molar-refractivity contribution in [3.05, 3.63) is 82.5 Å². The van der Waals surface area contributed by atoms with Crippen molar-refractivity contribution >= 4 is 17.3 Å². The molecule has 1 aliphatic heterocycles. The van der Waals surface area contributed by atoms with E-state index in [-0.39, 0.29) is 29.2 Å². The molecular weight excluding hydrogens is 508 g/mol. The Hall–Kier alpha value is -4.06. The first kappa shape index (κ1) is 27.0. The Morgan fingerprint density at radius 1 is 1.00 bits per heavy atom. The van der Waals surface area contributed by atoms with Crippen molar-refractivity contribution in [1.29, 1.82) is 0 Å². The first-order chi connectivity index (χ1) is 18.1. The zero-order chi connectivity index (χ0) is 27.3. The van der Waals surface area contributed by atoms with Crippen molar-refractivity contribution in [2.24, 2.45) is 0 Å². The number of hydrogen-bond acceptors (Lipinski definition) is 6. The molecule has 0 bridgehead atoms. The molecule has 0 saturated carbocycles. The van der Waals surface area contributed by atoms with Crippen LogP contribution in [-0.2, 0) is 17.9 Å². The summed E-state index contributed by atoms with van der Waals surface area (Å²) in [6.45, 7) is 3.06. The van der Waals surface area contributed by atoms with Crippen LogP contribution < -0.4 is 25.1 Å². The Kier molecular flexibility index (Phi) is 8.20. The highest BCUT2D eigenvalue weighted by Gasteiger charge is 2.31. The third-order valence-corrected chi connectivity index (χ3v) is 6.04. The van der Waals surface area contributed by atoms with E-state index in [9.17, 15) is 27.2 Å². The maximum Gasteiger partial charge on any atom is 0.573 e. The monoisotopic (exact) mass is 534 g/mol. The quantitative estimate of drug-likeness (QED) is 0.443. The van der Waals surface area contributed by atoms with Crippen molar-refractivity contribution in [3.8, 4) is 11.5 Å². The van der Waals surface area contributed by atoms with Crippen molar-refractivity contribution in [2.45, 2.75) is 19.5 Å². The van der Waals surface area contributed by atoms with E-state index in [0.29, 0.717) is 38.4 Å². The standard InChI is InChI=1S/C26H26F4N4O4/c1-37-24-16-34(17-25(36)31-19-4-8-22(9-5-19)38-26(28,29)30)21(14-23(24)35)15-32-10-12-33(13-11-32)20-6-2-18(27)3-7-20/h2-9,14,16H,10-13,15,17H2,1H3,(H,31,36). The van der Waals surface area contributed by atoms with E-state index in [0.717, 1.165) is 17.8 Å². The minimum absolute atomic E-state index is 0.0799. The van der Waals surface area contributed by atoms with Gasteiger partial charge in [0, 0.05) is 55.9 Å². The second kappa shape index (κ2) is 11.5. The van der Waals surface area contributed by atoms with Gasteiger partial charge in [0.25, 0.3) is 0 Å². The van der Waals surface area contributed by atoms with Gasteiger partial charge in [0.1, 0.15) is 18.1 Å². The number of amides is 1. The van der Waals surface area contributed by atoms with Crippen LogP contribution in [0.3, 0.4) is 0 Å². The Bertz CT molecular complexity index is 1300. The number of carbonyl (C=O) groups is 1. The number of carbonyl (C=O) groups excluding carboxylic acids is 1. The van der Waals surface area contributed by atoms with Crippen molar-refractivity contribution in [2.75, 3.05) is 43.5 Å².